The van der Waals surface area contributed by atoms with Crippen molar-refractivity contribution in [2.24, 2.45) is 0 Å². The molecule has 5 heteroatoms. The first-order chi connectivity index (χ1) is 8.66. The predicted octanol–water partition coefficient (Wildman–Crippen LogP) is 4.27. The third-order valence-electron chi connectivity index (χ3n) is 3.70. The van der Waals surface area contributed by atoms with Crippen LogP contribution in [0.1, 0.15) is 43.7 Å². The lowest BCUT2D eigenvalue weighted by Crippen LogP contribution is -2.07. The third-order valence-corrected chi connectivity index (χ3v) is 4.18. The number of imidazole rings is 1. The highest BCUT2D eigenvalue weighted by atomic mass is 35.5. The lowest BCUT2D eigenvalue weighted by molar-refractivity contribution is 0.439. The molecular formula is C13H15Cl2N3. The van der Waals surface area contributed by atoms with Crippen LogP contribution in [0.5, 0.6) is 0 Å². The summed E-state index contributed by atoms with van der Waals surface area (Å²) < 4.78 is 1.80. The summed E-state index contributed by atoms with van der Waals surface area (Å²) in [4.78, 5) is 4.62. The maximum atomic E-state index is 6.19. The number of halogens is 2. The van der Waals surface area contributed by atoms with Gasteiger partial charge in [0.25, 0.3) is 0 Å². The Balaban J connectivity index is 2.13. The van der Waals surface area contributed by atoms with Crippen LogP contribution in [-0.4, -0.2) is 9.38 Å². The molecule has 0 amide bonds. The van der Waals surface area contributed by atoms with Gasteiger partial charge in [0.15, 0.2) is 5.65 Å². The van der Waals surface area contributed by atoms with Gasteiger partial charge in [-0.25, -0.2) is 4.98 Å². The average molecular weight is 284 g/mol. The normalized spacial score (nSPS) is 17.4. The lowest BCUT2D eigenvalue weighted by Gasteiger charge is -2.20. The van der Waals surface area contributed by atoms with Gasteiger partial charge in [-0.2, -0.15) is 0 Å². The molecule has 2 aromatic heterocycles. The Kier molecular flexibility index (Phi) is 3.12. The summed E-state index contributed by atoms with van der Waals surface area (Å²) in [6, 6.07) is 1.70. The van der Waals surface area contributed by atoms with Gasteiger partial charge in [-0.05, 0) is 18.9 Å². The number of anilines is 1. The quantitative estimate of drug-likeness (QED) is 0.849. The van der Waals surface area contributed by atoms with Crippen LogP contribution in [-0.2, 0) is 0 Å². The molecule has 3 rings (SSSR count). The molecule has 0 saturated heterocycles. The van der Waals surface area contributed by atoms with E-state index in [9.17, 15) is 0 Å². The number of nitrogens with two attached hydrogens (primary N) is 1. The fourth-order valence-corrected chi connectivity index (χ4v) is 3.30. The summed E-state index contributed by atoms with van der Waals surface area (Å²) in [7, 11) is 0. The second-order valence-corrected chi connectivity index (χ2v) is 5.76. The number of nitrogens with zero attached hydrogens (tertiary/aromatic N) is 2. The van der Waals surface area contributed by atoms with E-state index in [4.69, 9.17) is 28.9 Å². The molecule has 2 aromatic rings. The van der Waals surface area contributed by atoms with Crippen molar-refractivity contribution in [3.63, 3.8) is 0 Å². The van der Waals surface area contributed by atoms with Gasteiger partial charge in [0.2, 0.25) is 0 Å². The lowest BCUT2D eigenvalue weighted by atomic mass is 9.87. The second-order valence-electron chi connectivity index (χ2n) is 4.92. The highest BCUT2D eigenvalue weighted by molar-refractivity contribution is 6.36. The maximum absolute atomic E-state index is 6.19. The zero-order chi connectivity index (χ0) is 12.7. The number of nitrogen functional groups attached to an aromatic ring is 1. The molecule has 18 heavy (non-hydrogen) atoms. The fourth-order valence-electron chi connectivity index (χ4n) is 2.78. The molecule has 0 aliphatic heterocycles. The Labute approximate surface area is 116 Å². The van der Waals surface area contributed by atoms with Gasteiger partial charge >= 0.3 is 0 Å². The molecule has 3 nitrogen and oxygen atoms in total. The first kappa shape index (κ1) is 12.1. The minimum atomic E-state index is 0.466. The van der Waals surface area contributed by atoms with Gasteiger partial charge < -0.3 is 5.73 Å². The number of hydrogen-bond acceptors (Lipinski definition) is 2. The van der Waals surface area contributed by atoms with Crippen molar-refractivity contribution < 1.29 is 0 Å². The van der Waals surface area contributed by atoms with Crippen molar-refractivity contribution in [1.29, 1.82) is 0 Å². The van der Waals surface area contributed by atoms with E-state index >= 15 is 0 Å². The van der Waals surface area contributed by atoms with Gasteiger partial charge in [0.05, 0.1) is 15.7 Å². The fraction of sp³-hybridized carbons (Fsp3) is 0.462. The van der Waals surface area contributed by atoms with Crippen molar-refractivity contribution in [2.75, 3.05) is 5.73 Å². The Hall–Kier alpha value is -0.930. The van der Waals surface area contributed by atoms with Crippen LogP contribution < -0.4 is 5.73 Å². The number of fused-ring (bicyclic) bond motifs is 1. The van der Waals surface area contributed by atoms with Gasteiger partial charge in [-0.1, -0.05) is 42.5 Å². The zero-order valence-corrected chi connectivity index (χ0v) is 11.5. The van der Waals surface area contributed by atoms with Crippen LogP contribution in [0.2, 0.25) is 10.0 Å². The molecule has 2 N–H and O–H groups in total. The molecule has 0 spiro atoms. The smallest absolute Gasteiger partial charge is 0.157 e. The van der Waals surface area contributed by atoms with Gasteiger partial charge in [-0.3, -0.25) is 4.40 Å². The van der Waals surface area contributed by atoms with Crippen molar-refractivity contribution in [2.45, 2.75) is 38.0 Å². The molecule has 1 saturated carbocycles. The van der Waals surface area contributed by atoms with Crippen molar-refractivity contribution >= 4 is 34.7 Å². The maximum Gasteiger partial charge on any atom is 0.157 e. The van der Waals surface area contributed by atoms with Crippen LogP contribution in [0, 0.1) is 0 Å². The molecule has 0 bridgehead atoms. The minimum Gasteiger partial charge on any atom is -0.383 e. The number of pyridine rings is 1. The second kappa shape index (κ2) is 4.63. The van der Waals surface area contributed by atoms with Gasteiger partial charge in [0.1, 0.15) is 5.82 Å². The Bertz CT molecular complexity index is 585. The standard InChI is InChI=1S/C13H15Cl2N3/c14-9-6-10(15)13-17-11(12(16)18(13)7-9)8-4-2-1-3-5-8/h6-8H,1-5,16H2. The topological polar surface area (TPSA) is 43.3 Å². The summed E-state index contributed by atoms with van der Waals surface area (Å²) in [5, 5.41) is 1.13. The molecule has 1 aliphatic carbocycles. The molecule has 2 heterocycles. The van der Waals surface area contributed by atoms with E-state index in [0.717, 1.165) is 5.69 Å². The van der Waals surface area contributed by atoms with E-state index in [2.05, 4.69) is 4.98 Å². The van der Waals surface area contributed by atoms with Crippen molar-refractivity contribution in [3.8, 4) is 0 Å². The van der Waals surface area contributed by atoms with Crippen LogP contribution >= 0.6 is 23.2 Å². The molecule has 96 valence electrons. The SMILES string of the molecule is Nc1c(C2CCCCC2)nc2c(Cl)cc(Cl)cn12. The van der Waals surface area contributed by atoms with Crippen LogP contribution in [0.15, 0.2) is 12.3 Å². The van der Waals surface area contributed by atoms with E-state index in [0.29, 0.717) is 27.4 Å². The first-order valence-electron chi connectivity index (χ1n) is 6.29. The first-order valence-corrected chi connectivity index (χ1v) is 7.05. The molecule has 1 aliphatic rings. The number of rotatable bonds is 1. The molecule has 0 unspecified atom stereocenters. The highest BCUT2D eigenvalue weighted by Gasteiger charge is 2.22. The van der Waals surface area contributed by atoms with E-state index in [1.807, 2.05) is 0 Å². The minimum absolute atomic E-state index is 0.466. The Morgan fingerprint density at radius 3 is 2.67 bits per heavy atom. The van der Waals surface area contributed by atoms with E-state index in [1.54, 1.807) is 16.7 Å². The molecule has 0 aromatic carbocycles. The third kappa shape index (κ3) is 1.95. The Morgan fingerprint density at radius 1 is 1.22 bits per heavy atom. The van der Waals surface area contributed by atoms with Gasteiger partial charge in [0, 0.05) is 12.1 Å². The summed E-state index contributed by atoms with van der Waals surface area (Å²) in [6.45, 7) is 0. The summed E-state index contributed by atoms with van der Waals surface area (Å²) in [6.07, 6.45) is 7.94. The van der Waals surface area contributed by atoms with Crippen LogP contribution in [0.25, 0.3) is 5.65 Å². The molecular weight excluding hydrogens is 269 g/mol. The van der Waals surface area contributed by atoms with Crippen molar-refractivity contribution in [1.82, 2.24) is 9.38 Å². The van der Waals surface area contributed by atoms with Crippen LogP contribution in [0.4, 0.5) is 5.82 Å². The molecule has 1 fully saturated rings. The van der Waals surface area contributed by atoms with Crippen LogP contribution in [0.3, 0.4) is 0 Å². The molecule has 0 radical (unpaired) electrons. The van der Waals surface area contributed by atoms with Gasteiger partial charge in [-0.15, -0.1) is 0 Å². The summed E-state index contributed by atoms with van der Waals surface area (Å²) in [5.74, 6) is 1.15. The van der Waals surface area contributed by atoms with Crippen molar-refractivity contribution in [3.05, 3.63) is 28.0 Å². The number of aromatic nitrogens is 2. The summed E-state index contributed by atoms with van der Waals surface area (Å²) >= 11 is 12.2. The zero-order valence-electron chi connectivity index (χ0n) is 10.00. The highest BCUT2D eigenvalue weighted by Crippen LogP contribution is 2.36. The predicted molar refractivity (Wildman–Crippen MR) is 75.5 cm³/mol. The number of hydrogen-bond donors (Lipinski definition) is 1. The largest absolute Gasteiger partial charge is 0.383 e. The summed E-state index contributed by atoms with van der Waals surface area (Å²) in [5.41, 5.74) is 7.88. The van der Waals surface area contributed by atoms with E-state index in [1.165, 1.54) is 32.1 Å². The average Bonchev–Trinajstić information content (AvgIpc) is 2.69. The monoisotopic (exact) mass is 283 g/mol. The Morgan fingerprint density at radius 2 is 1.94 bits per heavy atom. The molecule has 0 atom stereocenters. The van der Waals surface area contributed by atoms with E-state index < -0.39 is 0 Å². The van der Waals surface area contributed by atoms with E-state index in [-0.39, 0.29) is 0 Å².